The summed E-state index contributed by atoms with van der Waals surface area (Å²) >= 11 is 1.36. The number of pyridine rings is 2. The van der Waals surface area contributed by atoms with Gasteiger partial charge in [-0.05, 0) is 43.0 Å². The summed E-state index contributed by atoms with van der Waals surface area (Å²) < 4.78 is 52.0. The molecule has 1 aliphatic rings. The van der Waals surface area contributed by atoms with Crippen LogP contribution < -0.4 is 4.74 Å². The van der Waals surface area contributed by atoms with Crippen LogP contribution in [0.2, 0.25) is 0 Å². The monoisotopic (exact) mass is 633 g/mol. The normalized spacial score (nSPS) is 13.7. The van der Waals surface area contributed by atoms with E-state index in [9.17, 15) is 18.7 Å². The Morgan fingerprint density at radius 2 is 2.00 bits per heavy atom. The lowest BCUT2D eigenvalue weighted by Gasteiger charge is -2.27. The van der Waals surface area contributed by atoms with Gasteiger partial charge in [0.15, 0.2) is 0 Å². The highest BCUT2D eigenvalue weighted by atomic mass is 32.1. The number of alkyl halides is 1. The number of carbonyl (C=O) groups is 1. The van der Waals surface area contributed by atoms with Crippen LogP contribution in [0.3, 0.4) is 0 Å². The van der Waals surface area contributed by atoms with Gasteiger partial charge in [0.2, 0.25) is 5.91 Å². The molecule has 0 saturated carbocycles. The predicted octanol–water partition coefficient (Wildman–Crippen LogP) is 6.53. The van der Waals surface area contributed by atoms with Gasteiger partial charge < -0.3 is 14.7 Å². The van der Waals surface area contributed by atoms with Gasteiger partial charge in [0.05, 0.1) is 35.9 Å². The van der Waals surface area contributed by atoms with Crippen LogP contribution in [-0.2, 0) is 17.8 Å². The molecule has 0 saturated heterocycles. The van der Waals surface area contributed by atoms with E-state index in [1.54, 1.807) is 31.1 Å². The topological polar surface area (TPSA) is 93.4 Å². The molecule has 1 aliphatic heterocycles. The van der Waals surface area contributed by atoms with Crippen LogP contribution in [0.15, 0.2) is 60.9 Å². The summed E-state index contributed by atoms with van der Waals surface area (Å²) in [6.07, 6.45) is 6.27. The van der Waals surface area contributed by atoms with Gasteiger partial charge in [-0.3, -0.25) is 14.5 Å². The maximum Gasteiger partial charge on any atom is 0.246 e. The number of ether oxygens (including phenoxy) is 1. The van der Waals surface area contributed by atoms with Crippen molar-refractivity contribution in [2.75, 3.05) is 19.8 Å². The summed E-state index contributed by atoms with van der Waals surface area (Å²) in [7, 11) is 0. The van der Waals surface area contributed by atoms with E-state index in [1.165, 1.54) is 28.3 Å². The van der Waals surface area contributed by atoms with Gasteiger partial charge in [0.1, 0.15) is 30.1 Å². The maximum atomic E-state index is 15.9. The zero-order valence-electron chi connectivity index (χ0n) is 24.6. The lowest BCUT2D eigenvalue weighted by Crippen LogP contribution is -2.35. The molecule has 4 aromatic heterocycles. The Kier molecular flexibility index (Phi) is 8.43. The van der Waals surface area contributed by atoms with Crippen molar-refractivity contribution in [2.45, 2.75) is 39.0 Å². The number of benzene rings is 1. The first kappa shape index (κ1) is 30.5. The molecule has 1 N–H and O–H groups in total. The van der Waals surface area contributed by atoms with E-state index in [2.05, 4.69) is 11.7 Å². The standard InChI is InChI=1S/C33H30F3N5O3S/c1-4-28(43)40-7-5-26-20(15-40)9-19(13-37-26)32-30(29-25(36)10-22(35)11-27(29)44-18(2)3)33-24(6-8-45-33)31(39-32)21-14-38-41(16-21)23(12-34)17-42/h4,6,8-11,13-14,16,18,23,42H,1,5,7,12,15,17H2,2-3H3/t23-/m1/s1. The number of thiophene rings is 1. The molecular weight excluding hydrogens is 603 g/mol. The maximum absolute atomic E-state index is 15.9. The summed E-state index contributed by atoms with van der Waals surface area (Å²) in [5.74, 6) is -1.75. The fourth-order valence-electron chi connectivity index (χ4n) is 5.56. The number of hydrogen-bond acceptors (Lipinski definition) is 7. The summed E-state index contributed by atoms with van der Waals surface area (Å²) in [6, 6.07) is 4.86. The van der Waals surface area contributed by atoms with Gasteiger partial charge in [0, 0.05) is 76.5 Å². The first-order valence-corrected chi connectivity index (χ1v) is 15.3. The molecule has 1 amide bonds. The zero-order chi connectivity index (χ0) is 31.8. The number of aliphatic hydroxyl groups excluding tert-OH is 1. The van der Waals surface area contributed by atoms with Crippen LogP contribution in [0.5, 0.6) is 5.75 Å². The average Bonchev–Trinajstić information content (AvgIpc) is 3.71. The van der Waals surface area contributed by atoms with Crippen molar-refractivity contribution in [3.05, 3.63) is 83.8 Å². The third-order valence-electron chi connectivity index (χ3n) is 7.68. The molecule has 0 unspecified atom stereocenters. The van der Waals surface area contributed by atoms with Crippen LogP contribution in [0.25, 0.3) is 43.7 Å². The molecule has 1 atom stereocenters. The predicted molar refractivity (Wildman–Crippen MR) is 167 cm³/mol. The Morgan fingerprint density at radius 3 is 2.73 bits per heavy atom. The smallest absolute Gasteiger partial charge is 0.246 e. The highest BCUT2D eigenvalue weighted by Gasteiger charge is 2.28. The van der Waals surface area contributed by atoms with Crippen molar-refractivity contribution in [1.82, 2.24) is 24.6 Å². The molecule has 0 spiro atoms. The van der Waals surface area contributed by atoms with Gasteiger partial charge in [-0.25, -0.2) is 18.2 Å². The highest BCUT2D eigenvalue weighted by Crippen LogP contribution is 2.47. The molecule has 0 aliphatic carbocycles. The van der Waals surface area contributed by atoms with Crippen molar-refractivity contribution in [3.63, 3.8) is 0 Å². The number of rotatable bonds is 9. The third-order valence-corrected chi connectivity index (χ3v) is 8.61. The molecule has 8 nitrogen and oxygen atoms in total. The van der Waals surface area contributed by atoms with E-state index in [1.807, 2.05) is 17.5 Å². The molecule has 232 valence electrons. The van der Waals surface area contributed by atoms with Crippen LogP contribution in [0.1, 0.15) is 31.1 Å². The first-order valence-electron chi connectivity index (χ1n) is 14.4. The summed E-state index contributed by atoms with van der Waals surface area (Å²) in [4.78, 5) is 23.9. The first-order chi connectivity index (χ1) is 21.7. The molecule has 12 heteroatoms. The van der Waals surface area contributed by atoms with E-state index >= 15 is 4.39 Å². The molecule has 5 aromatic rings. The molecule has 0 bridgehead atoms. The molecule has 0 radical (unpaired) electrons. The second kappa shape index (κ2) is 12.4. The second-order valence-electron chi connectivity index (χ2n) is 11.0. The Hall–Kier alpha value is -4.55. The van der Waals surface area contributed by atoms with E-state index in [-0.39, 0.29) is 23.3 Å². The van der Waals surface area contributed by atoms with Crippen LogP contribution in [0, 0.1) is 11.6 Å². The zero-order valence-corrected chi connectivity index (χ0v) is 25.5. The van der Waals surface area contributed by atoms with Crippen molar-refractivity contribution in [2.24, 2.45) is 0 Å². The largest absolute Gasteiger partial charge is 0.490 e. The minimum absolute atomic E-state index is 0.0308. The SMILES string of the molecule is C=CC(=O)N1CCc2ncc(-c3nc(-c4cnn([C@@H](CO)CF)c4)c4ccsc4c3-c3c(F)cc(F)cc3OC(C)C)cc2C1. The van der Waals surface area contributed by atoms with Crippen LogP contribution in [-0.4, -0.2) is 61.6 Å². The molecule has 0 fully saturated rings. The quantitative estimate of drug-likeness (QED) is 0.186. The molecule has 6 rings (SSSR count). The third kappa shape index (κ3) is 5.71. The van der Waals surface area contributed by atoms with Crippen LogP contribution in [0.4, 0.5) is 13.2 Å². The Morgan fingerprint density at radius 1 is 1.18 bits per heavy atom. The molecular formula is C33H30F3N5O3S. The summed E-state index contributed by atoms with van der Waals surface area (Å²) in [6.45, 7) is 6.73. The van der Waals surface area contributed by atoms with Gasteiger partial charge in [-0.2, -0.15) is 5.10 Å². The summed E-state index contributed by atoms with van der Waals surface area (Å²) in [5.41, 5.74) is 4.08. The van der Waals surface area contributed by atoms with Crippen molar-refractivity contribution in [3.8, 4) is 39.4 Å². The van der Waals surface area contributed by atoms with E-state index < -0.39 is 31.0 Å². The van der Waals surface area contributed by atoms with E-state index in [4.69, 9.17) is 14.7 Å². The number of aliphatic hydroxyl groups is 1. The Balaban J connectivity index is 1.63. The minimum atomic E-state index is -0.856. The van der Waals surface area contributed by atoms with Gasteiger partial charge >= 0.3 is 0 Å². The van der Waals surface area contributed by atoms with Gasteiger partial charge in [-0.15, -0.1) is 11.3 Å². The number of aromatic nitrogens is 4. The fraction of sp³-hybridized carbons (Fsp3) is 0.273. The Bertz CT molecular complexity index is 1920. The van der Waals surface area contributed by atoms with Crippen LogP contribution >= 0.6 is 11.3 Å². The molecule has 1 aromatic carbocycles. The molecule has 45 heavy (non-hydrogen) atoms. The minimum Gasteiger partial charge on any atom is -0.490 e. The van der Waals surface area contributed by atoms with Gasteiger partial charge in [-0.1, -0.05) is 6.58 Å². The van der Waals surface area contributed by atoms with Gasteiger partial charge in [0.25, 0.3) is 0 Å². The number of nitrogens with zero attached hydrogens (tertiary/aromatic N) is 5. The lowest BCUT2D eigenvalue weighted by molar-refractivity contribution is -0.126. The van der Waals surface area contributed by atoms with E-state index in [0.29, 0.717) is 57.7 Å². The number of carbonyl (C=O) groups excluding carboxylic acids is 1. The van der Waals surface area contributed by atoms with Crippen molar-refractivity contribution >= 4 is 27.3 Å². The molecule has 5 heterocycles. The number of fused-ring (bicyclic) bond motifs is 2. The Labute approximate surface area is 261 Å². The second-order valence-corrected chi connectivity index (χ2v) is 11.9. The number of amides is 1. The van der Waals surface area contributed by atoms with Crippen molar-refractivity contribution in [1.29, 1.82) is 0 Å². The number of halogens is 3. The lowest BCUT2D eigenvalue weighted by atomic mass is 9.94. The fourth-order valence-corrected chi connectivity index (χ4v) is 6.51. The average molecular weight is 634 g/mol. The highest BCUT2D eigenvalue weighted by molar-refractivity contribution is 7.18. The number of hydrogen-bond donors (Lipinski definition) is 1. The van der Waals surface area contributed by atoms with E-state index in [0.717, 1.165) is 23.4 Å². The van der Waals surface area contributed by atoms with Crippen molar-refractivity contribution < 1.29 is 27.8 Å². The summed E-state index contributed by atoms with van der Waals surface area (Å²) in [5, 5.41) is 16.4.